The zero-order chi connectivity index (χ0) is 11.9. The predicted molar refractivity (Wildman–Crippen MR) is 70.6 cm³/mol. The summed E-state index contributed by atoms with van der Waals surface area (Å²) in [6.45, 7) is 1.28. The van der Waals surface area contributed by atoms with Crippen LogP contribution in [-0.4, -0.2) is 12.6 Å². The van der Waals surface area contributed by atoms with Crippen molar-refractivity contribution in [2.45, 2.75) is 38.3 Å². The summed E-state index contributed by atoms with van der Waals surface area (Å²) >= 11 is 0. The van der Waals surface area contributed by atoms with E-state index in [4.69, 9.17) is 10.5 Å². The van der Waals surface area contributed by atoms with Gasteiger partial charge in [0.1, 0.15) is 0 Å². The van der Waals surface area contributed by atoms with Crippen LogP contribution in [0.25, 0.3) is 0 Å². The Balaban J connectivity index is 1.73. The fourth-order valence-electron chi connectivity index (χ4n) is 2.18. The quantitative estimate of drug-likeness (QED) is 0.791. The van der Waals surface area contributed by atoms with Crippen LogP contribution >= 0.6 is 0 Å². The average Bonchev–Trinajstić information content (AvgIpc) is 2.41. The Bertz CT molecular complexity index is 358. The molecule has 1 unspecified atom stereocenters. The lowest BCUT2D eigenvalue weighted by Gasteiger charge is -2.19. The lowest BCUT2D eigenvalue weighted by atomic mass is 9.95. The van der Waals surface area contributed by atoms with Crippen LogP contribution in [0.2, 0.25) is 0 Å². The summed E-state index contributed by atoms with van der Waals surface area (Å²) in [5.41, 5.74) is 8.70. The Morgan fingerprint density at radius 1 is 1.18 bits per heavy atom. The first-order valence-corrected chi connectivity index (χ1v) is 6.42. The minimum Gasteiger partial charge on any atom is -0.375 e. The molecule has 0 radical (unpaired) electrons. The third-order valence-corrected chi connectivity index (χ3v) is 3.21. The van der Waals surface area contributed by atoms with Gasteiger partial charge in [0, 0.05) is 6.04 Å². The van der Waals surface area contributed by atoms with Crippen LogP contribution in [0, 0.1) is 0 Å². The van der Waals surface area contributed by atoms with E-state index in [9.17, 15) is 0 Å². The smallest absolute Gasteiger partial charge is 0.0717 e. The Morgan fingerprint density at radius 3 is 2.71 bits per heavy atom. The molecule has 0 fully saturated rings. The van der Waals surface area contributed by atoms with Gasteiger partial charge in [-0.1, -0.05) is 42.0 Å². The maximum Gasteiger partial charge on any atom is 0.0717 e. The van der Waals surface area contributed by atoms with E-state index in [1.165, 1.54) is 30.4 Å². The van der Waals surface area contributed by atoms with Crippen molar-refractivity contribution in [2.75, 3.05) is 6.61 Å². The zero-order valence-corrected chi connectivity index (χ0v) is 10.3. The van der Waals surface area contributed by atoms with E-state index in [0.717, 1.165) is 6.42 Å². The minimum atomic E-state index is 0.0824. The van der Waals surface area contributed by atoms with Crippen LogP contribution in [0.1, 0.15) is 31.2 Å². The molecule has 2 rings (SSSR count). The van der Waals surface area contributed by atoms with E-state index in [1.807, 2.05) is 18.2 Å². The van der Waals surface area contributed by atoms with Crippen LogP contribution in [0.4, 0.5) is 0 Å². The summed E-state index contributed by atoms with van der Waals surface area (Å²) in [4.78, 5) is 0. The standard InChI is InChI=1S/C15H21NO/c16-15(14-9-5-2-6-10-14)12-17-11-13-7-3-1-4-8-13/h1,3-4,7-9,15H,2,5-6,10-12,16H2. The largest absolute Gasteiger partial charge is 0.375 e. The molecule has 0 spiro atoms. The van der Waals surface area contributed by atoms with Gasteiger partial charge in [-0.2, -0.15) is 0 Å². The Hall–Kier alpha value is -1.12. The molecule has 0 bridgehead atoms. The summed E-state index contributed by atoms with van der Waals surface area (Å²) in [7, 11) is 0. The lowest BCUT2D eigenvalue weighted by molar-refractivity contribution is 0.113. The molecule has 0 amide bonds. The fourth-order valence-corrected chi connectivity index (χ4v) is 2.18. The Morgan fingerprint density at radius 2 is 2.00 bits per heavy atom. The van der Waals surface area contributed by atoms with Crippen LogP contribution in [0.5, 0.6) is 0 Å². The molecule has 0 heterocycles. The topological polar surface area (TPSA) is 35.2 Å². The maximum absolute atomic E-state index is 6.12. The van der Waals surface area contributed by atoms with E-state index in [-0.39, 0.29) is 6.04 Å². The SMILES string of the molecule is NC(COCc1ccccc1)C1=CCCCC1. The summed E-state index contributed by atoms with van der Waals surface area (Å²) < 4.78 is 5.67. The van der Waals surface area contributed by atoms with Gasteiger partial charge in [-0.25, -0.2) is 0 Å². The van der Waals surface area contributed by atoms with E-state index >= 15 is 0 Å². The minimum absolute atomic E-state index is 0.0824. The number of hydrogen-bond donors (Lipinski definition) is 1. The first kappa shape index (κ1) is 12.3. The van der Waals surface area contributed by atoms with E-state index < -0.39 is 0 Å². The zero-order valence-electron chi connectivity index (χ0n) is 10.3. The van der Waals surface area contributed by atoms with Gasteiger partial charge in [0.15, 0.2) is 0 Å². The van der Waals surface area contributed by atoms with Crippen molar-refractivity contribution in [1.82, 2.24) is 0 Å². The van der Waals surface area contributed by atoms with Gasteiger partial charge in [0.05, 0.1) is 13.2 Å². The number of allylic oxidation sites excluding steroid dienone is 1. The molecule has 1 aliphatic carbocycles. The average molecular weight is 231 g/mol. The second-order valence-corrected chi connectivity index (χ2v) is 4.63. The first-order chi connectivity index (χ1) is 8.36. The second kappa shape index (κ2) is 6.58. The summed E-state index contributed by atoms with van der Waals surface area (Å²) in [6.07, 6.45) is 7.21. The highest BCUT2D eigenvalue weighted by Crippen LogP contribution is 2.19. The van der Waals surface area contributed by atoms with Crippen LogP contribution in [-0.2, 0) is 11.3 Å². The van der Waals surface area contributed by atoms with Crippen molar-refractivity contribution in [3.05, 3.63) is 47.5 Å². The maximum atomic E-state index is 6.12. The molecular formula is C15H21NO. The van der Waals surface area contributed by atoms with E-state index in [1.54, 1.807) is 0 Å². The van der Waals surface area contributed by atoms with Crippen molar-refractivity contribution in [1.29, 1.82) is 0 Å². The van der Waals surface area contributed by atoms with Gasteiger partial charge < -0.3 is 10.5 Å². The van der Waals surface area contributed by atoms with Gasteiger partial charge in [0.2, 0.25) is 0 Å². The van der Waals surface area contributed by atoms with E-state index in [2.05, 4.69) is 18.2 Å². The van der Waals surface area contributed by atoms with Crippen LogP contribution in [0.3, 0.4) is 0 Å². The summed E-state index contributed by atoms with van der Waals surface area (Å²) in [6, 6.07) is 10.3. The molecule has 92 valence electrons. The second-order valence-electron chi connectivity index (χ2n) is 4.63. The molecule has 1 aromatic rings. The van der Waals surface area contributed by atoms with Crippen molar-refractivity contribution in [2.24, 2.45) is 5.73 Å². The highest BCUT2D eigenvalue weighted by molar-refractivity contribution is 5.14. The number of nitrogens with two attached hydrogens (primary N) is 1. The summed E-state index contributed by atoms with van der Waals surface area (Å²) in [5, 5.41) is 0. The molecule has 0 aromatic heterocycles. The molecule has 2 nitrogen and oxygen atoms in total. The molecule has 2 heteroatoms. The Labute approximate surface area is 103 Å². The van der Waals surface area contributed by atoms with Crippen molar-refractivity contribution < 1.29 is 4.74 Å². The molecule has 2 N–H and O–H groups in total. The fraction of sp³-hybridized carbons (Fsp3) is 0.467. The first-order valence-electron chi connectivity index (χ1n) is 6.42. The lowest BCUT2D eigenvalue weighted by Crippen LogP contribution is -2.29. The normalized spacial score (nSPS) is 17.6. The van der Waals surface area contributed by atoms with Gasteiger partial charge in [-0.3, -0.25) is 0 Å². The van der Waals surface area contributed by atoms with Gasteiger partial charge >= 0.3 is 0 Å². The van der Waals surface area contributed by atoms with Crippen LogP contribution < -0.4 is 5.73 Å². The van der Waals surface area contributed by atoms with Gasteiger partial charge in [-0.05, 0) is 31.2 Å². The van der Waals surface area contributed by atoms with Gasteiger partial charge in [0.25, 0.3) is 0 Å². The molecular weight excluding hydrogens is 210 g/mol. The number of rotatable bonds is 5. The van der Waals surface area contributed by atoms with Gasteiger partial charge in [-0.15, -0.1) is 0 Å². The monoisotopic (exact) mass is 231 g/mol. The molecule has 1 atom stereocenters. The van der Waals surface area contributed by atoms with E-state index in [0.29, 0.717) is 13.2 Å². The Kier molecular flexibility index (Phi) is 4.77. The molecule has 0 aliphatic heterocycles. The van der Waals surface area contributed by atoms with Crippen molar-refractivity contribution in [3.63, 3.8) is 0 Å². The van der Waals surface area contributed by atoms with Crippen LogP contribution in [0.15, 0.2) is 42.0 Å². The molecule has 0 saturated heterocycles. The molecule has 0 saturated carbocycles. The van der Waals surface area contributed by atoms with Crippen molar-refractivity contribution >= 4 is 0 Å². The molecule has 17 heavy (non-hydrogen) atoms. The molecule has 1 aromatic carbocycles. The highest BCUT2D eigenvalue weighted by atomic mass is 16.5. The highest BCUT2D eigenvalue weighted by Gasteiger charge is 2.11. The third kappa shape index (κ3) is 3.99. The van der Waals surface area contributed by atoms with Crippen molar-refractivity contribution in [3.8, 4) is 0 Å². The number of benzene rings is 1. The third-order valence-electron chi connectivity index (χ3n) is 3.21. The molecule has 1 aliphatic rings. The predicted octanol–water partition coefficient (Wildman–Crippen LogP) is 3.03. The number of hydrogen-bond acceptors (Lipinski definition) is 2. The number of ether oxygens (including phenoxy) is 1. The summed E-state index contributed by atoms with van der Waals surface area (Å²) in [5.74, 6) is 0.